The number of carbonyl (C=O) groups is 1. The standard InChI is InChI=1S/C21H14BrClN4O/c22-19-8-4-7-17(26-19)21(28)25-14-9-10-16(23)15(11-14)20-24-12-18(27-20)13-5-2-1-3-6-13/h1-12H,(H,24,27)(H,25,28). The highest BCUT2D eigenvalue weighted by Crippen LogP contribution is 2.30. The zero-order chi connectivity index (χ0) is 19.5. The molecule has 2 heterocycles. The van der Waals surface area contributed by atoms with E-state index in [0.717, 1.165) is 11.3 Å². The van der Waals surface area contributed by atoms with Crippen molar-refractivity contribution in [3.8, 4) is 22.6 Å². The van der Waals surface area contributed by atoms with E-state index in [4.69, 9.17) is 11.6 Å². The Morgan fingerprint density at radius 2 is 1.86 bits per heavy atom. The Kier molecular flexibility index (Phi) is 5.23. The van der Waals surface area contributed by atoms with E-state index in [-0.39, 0.29) is 5.91 Å². The van der Waals surface area contributed by atoms with Crippen LogP contribution in [0.25, 0.3) is 22.6 Å². The highest BCUT2D eigenvalue weighted by molar-refractivity contribution is 9.10. The molecule has 4 rings (SSSR count). The number of pyridine rings is 1. The van der Waals surface area contributed by atoms with Gasteiger partial charge in [-0.05, 0) is 51.8 Å². The number of imidazole rings is 1. The SMILES string of the molecule is O=C(Nc1ccc(Cl)c(-c2ncc(-c3ccccc3)[nH]2)c1)c1cccc(Br)n1. The summed E-state index contributed by atoms with van der Waals surface area (Å²) in [5, 5.41) is 3.37. The molecule has 0 aliphatic rings. The number of nitrogens with zero attached hydrogens (tertiary/aromatic N) is 2. The van der Waals surface area contributed by atoms with Crippen molar-refractivity contribution in [2.75, 3.05) is 5.32 Å². The van der Waals surface area contributed by atoms with Gasteiger partial charge in [0, 0.05) is 11.3 Å². The molecule has 0 spiro atoms. The molecule has 1 amide bonds. The van der Waals surface area contributed by atoms with Crippen molar-refractivity contribution in [1.29, 1.82) is 0 Å². The Morgan fingerprint density at radius 1 is 1.04 bits per heavy atom. The second-order valence-corrected chi connectivity index (χ2v) is 7.23. The molecular weight excluding hydrogens is 440 g/mol. The van der Waals surface area contributed by atoms with E-state index in [1.165, 1.54) is 0 Å². The predicted molar refractivity (Wildman–Crippen MR) is 114 cm³/mol. The zero-order valence-corrected chi connectivity index (χ0v) is 16.8. The number of hydrogen-bond acceptors (Lipinski definition) is 3. The molecule has 4 aromatic rings. The maximum absolute atomic E-state index is 12.4. The maximum atomic E-state index is 12.4. The Labute approximate surface area is 174 Å². The van der Waals surface area contributed by atoms with Crippen molar-refractivity contribution >= 4 is 39.1 Å². The molecule has 0 fully saturated rings. The first-order valence-corrected chi connectivity index (χ1v) is 9.61. The molecule has 138 valence electrons. The van der Waals surface area contributed by atoms with Crippen molar-refractivity contribution in [3.63, 3.8) is 0 Å². The summed E-state index contributed by atoms with van der Waals surface area (Å²) >= 11 is 9.64. The van der Waals surface area contributed by atoms with Crippen molar-refractivity contribution in [1.82, 2.24) is 15.0 Å². The molecule has 0 atom stereocenters. The van der Waals surface area contributed by atoms with Gasteiger partial charge in [-0.3, -0.25) is 4.79 Å². The minimum Gasteiger partial charge on any atom is -0.338 e. The van der Waals surface area contributed by atoms with Crippen LogP contribution in [0.4, 0.5) is 5.69 Å². The summed E-state index contributed by atoms with van der Waals surface area (Å²) in [5.41, 5.74) is 3.53. The lowest BCUT2D eigenvalue weighted by atomic mass is 10.1. The number of rotatable bonds is 4. The molecule has 28 heavy (non-hydrogen) atoms. The first kappa shape index (κ1) is 18.4. The summed E-state index contributed by atoms with van der Waals surface area (Å²) < 4.78 is 0.598. The second-order valence-electron chi connectivity index (χ2n) is 6.01. The average Bonchev–Trinajstić information content (AvgIpc) is 3.20. The topological polar surface area (TPSA) is 70.7 Å². The summed E-state index contributed by atoms with van der Waals surface area (Å²) in [7, 11) is 0. The summed E-state index contributed by atoms with van der Waals surface area (Å²) in [6.45, 7) is 0. The fourth-order valence-electron chi connectivity index (χ4n) is 2.74. The Hall–Kier alpha value is -2.96. The van der Waals surface area contributed by atoms with E-state index >= 15 is 0 Å². The van der Waals surface area contributed by atoms with Gasteiger partial charge in [0.1, 0.15) is 16.1 Å². The third-order valence-electron chi connectivity index (χ3n) is 4.09. The molecule has 5 nitrogen and oxygen atoms in total. The van der Waals surface area contributed by atoms with Crippen LogP contribution in [0.2, 0.25) is 5.02 Å². The van der Waals surface area contributed by atoms with E-state index in [1.54, 1.807) is 42.6 Å². The molecule has 0 aliphatic carbocycles. The van der Waals surface area contributed by atoms with Crippen molar-refractivity contribution in [3.05, 3.63) is 88.2 Å². The van der Waals surface area contributed by atoms with Crippen LogP contribution in [0.5, 0.6) is 0 Å². The number of H-pyrrole nitrogens is 1. The van der Waals surface area contributed by atoms with Gasteiger partial charge < -0.3 is 10.3 Å². The Balaban J connectivity index is 1.61. The number of aromatic nitrogens is 3. The minimum absolute atomic E-state index is 0.306. The van der Waals surface area contributed by atoms with Gasteiger partial charge in [0.2, 0.25) is 0 Å². The number of anilines is 1. The van der Waals surface area contributed by atoms with E-state index in [9.17, 15) is 4.79 Å². The summed E-state index contributed by atoms with van der Waals surface area (Å²) in [5.74, 6) is 0.319. The highest BCUT2D eigenvalue weighted by Gasteiger charge is 2.13. The monoisotopic (exact) mass is 452 g/mol. The number of halogens is 2. The van der Waals surface area contributed by atoms with Crippen LogP contribution in [0, 0.1) is 0 Å². The van der Waals surface area contributed by atoms with Gasteiger partial charge in [-0.1, -0.05) is 48.0 Å². The van der Waals surface area contributed by atoms with Gasteiger partial charge >= 0.3 is 0 Å². The number of benzene rings is 2. The first-order valence-electron chi connectivity index (χ1n) is 8.44. The van der Waals surface area contributed by atoms with Crippen molar-refractivity contribution < 1.29 is 4.79 Å². The molecule has 0 unspecified atom stereocenters. The van der Waals surface area contributed by atoms with E-state index < -0.39 is 0 Å². The average molecular weight is 454 g/mol. The Bertz CT molecular complexity index is 1140. The van der Waals surface area contributed by atoms with E-state index in [1.807, 2.05) is 30.3 Å². The fourth-order valence-corrected chi connectivity index (χ4v) is 3.29. The van der Waals surface area contributed by atoms with E-state index in [2.05, 4.69) is 36.2 Å². The lowest BCUT2D eigenvalue weighted by Crippen LogP contribution is -2.13. The quantitative estimate of drug-likeness (QED) is 0.383. The molecule has 2 aromatic heterocycles. The smallest absolute Gasteiger partial charge is 0.274 e. The van der Waals surface area contributed by atoms with Crippen LogP contribution in [0.15, 0.2) is 77.5 Å². The number of aromatic amines is 1. The lowest BCUT2D eigenvalue weighted by Gasteiger charge is -2.08. The first-order chi connectivity index (χ1) is 13.6. The second kappa shape index (κ2) is 7.96. The molecule has 0 aliphatic heterocycles. The summed E-state index contributed by atoms with van der Waals surface area (Å²) in [6.07, 6.45) is 1.76. The molecule has 0 bridgehead atoms. The van der Waals surface area contributed by atoms with Crippen LogP contribution in [0.1, 0.15) is 10.5 Å². The number of hydrogen-bond donors (Lipinski definition) is 2. The molecule has 0 saturated carbocycles. The molecule has 2 N–H and O–H groups in total. The van der Waals surface area contributed by atoms with Gasteiger partial charge in [0.15, 0.2) is 0 Å². The fraction of sp³-hybridized carbons (Fsp3) is 0. The van der Waals surface area contributed by atoms with Gasteiger partial charge in [0.05, 0.1) is 16.9 Å². The third-order valence-corrected chi connectivity index (χ3v) is 4.86. The lowest BCUT2D eigenvalue weighted by molar-refractivity contribution is 0.102. The van der Waals surface area contributed by atoms with Crippen LogP contribution in [-0.4, -0.2) is 20.9 Å². The maximum Gasteiger partial charge on any atom is 0.274 e. The third kappa shape index (κ3) is 3.98. The molecule has 7 heteroatoms. The van der Waals surface area contributed by atoms with Gasteiger partial charge in [0.25, 0.3) is 5.91 Å². The minimum atomic E-state index is -0.306. The molecule has 0 radical (unpaired) electrons. The summed E-state index contributed by atoms with van der Waals surface area (Å²) in [6, 6.07) is 20.3. The highest BCUT2D eigenvalue weighted by atomic mass is 79.9. The number of carbonyl (C=O) groups excluding carboxylic acids is 1. The van der Waals surface area contributed by atoms with Crippen LogP contribution in [-0.2, 0) is 0 Å². The molecular formula is C21H14BrClN4O. The number of nitrogens with one attached hydrogen (secondary N) is 2. The van der Waals surface area contributed by atoms with Crippen molar-refractivity contribution in [2.24, 2.45) is 0 Å². The molecule has 0 saturated heterocycles. The van der Waals surface area contributed by atoms with Crippen LogP contribution < -0.4 is 5.32 Å². The zero-order valence-electron chi connectivity index (χ0n) is 14.5. The van der Waals surface area contributed by atoms with Crippen LogP contribution in [0.3, 0.4) is 0 Å². The van der Waals surface area contributed by atoms with Gasteiger partial charge in [-0.2, -0.15) is 0 Å². The largest absolute Gasteiger partial charge is 0.338 e. The summed E-state index contributed by atoms with van der Waals surface area (Å²) in [4.78, 5) is 24.3. The number of amides is 1. The van der Waals surface area contributed by atoms with Gasteiger partial charge in [-0.25, -0.2) is 9.97 Å². The van der Waals surface area contributed by atoms with Gasteiger partial charge in [-0.15, -0.1) is 0 Å². The van der Waals surface area contributed by atoms with Crippen LogP contribution >= 0.6 is 27.5 Å². The van der Waals surface area contributed by atoms with E-state index in [0.29, 0.717) is 32.4 Å². The predicted octanol–water partition coefficient (Wildman–Crippen LogP) is 5.81. The normalized spacial score (nSPS) is 10.6. The van der Waals surface area contributed by atoms with Crippen molar-refractivity contribution in [2.45, 2.75) is 0 Å². The molecule has 2 aromatic carbocycles. The Morgan fingerprint density at radius 3 is 2.64 bits per heavy atom.